The molecular weight excluding hydrogens is 437 g/mol. The average molecular weight is 458 g/mol. The van der Waals surface area contributed by atoms with Crippen LogP contribution in [0, 0.1) is 0 Å². The number of amides is 1. The van der Waals surface area contributed by atoms with Crippen LogP contribution in [0.15, 0.2) is 36.5 Å². The van der Waals surface area contributed by atoms with Crippen LogP contribution in [0.25, 0.3) is 10.9 Å². The Hall–Kier alpha value is -3.24. The van der Waals surface area contributed by atoms with Crippen LogP contribution in [0.5, 0.6) is 0 Å². The van der Waals surface area contributed by atoms with E-state index < -0.39 is 17.8 Å². The standard InChI is InChI=1S/C23H21F3N4O3/c1-12-8-32-11-20(19-5-3-14(7-28-19)23(24,25)26)30(12)22(31)13-2-4-18-15(6-13)16-9-33-10-17(16)21(27)29-18/h2-7,12,20H,8-11H2,1H3,(H2,27,29)/t12-,20+/m0/s1. The number of fused-ring (bicyclic) bond motifs is 3. The second-order valence-electron chi connectivity index (χ2n) is 8.26. The molecule has 2 N–H and O–H groups in total. The predicted octanol–water partition coefficient (Wildman–Crippen LogP) is 3.86. The largest absolute Gasteiger partial charge is 0.417 e. The second kappa shape index (κ2) is 7.96. The van der Waals surface area contributed by atoms with Gasteiger partial charge in [0.25, 0.3) is 5.91 Å². The number of nitrogens with zero attached hydrogens (tertiary/aromatic N) is 3. The molecule has 0 aliphatic carbocycles. The van der Waals surface area contributed by atoms with Crippen molar-refractivity contribution in [3.63, 3.8) is 0 Å². The number of nitrogens with two attached hydrogens (primary N) is 1. The van der Waals surface area contributed by atoms with Gasteiger partial charge in [-0.05, 0) is 42.8 Å². The van der Waals surface area contributed by atoms with Crippen molar-refractivity contribution >= 4 is 22.6 Å². The zero-order valence-corrected chi connectivity index (χ0v) is 17.7. The highest BCUT2D eigenvalue weighted by molar-refractivity contribution is 5.99. The van der Waals surface area contributed by atoms with E-state index in [0.717, 1.165) is 28.8 Å². The Bertz CT molecular complexity index is 1230. The first-order chi connectivity index (χ1) is 15.7. The Morgan fingerprint density at radius 2 is 1.91 bits per heavy atom. The summed E-state index contributed by atoms with van der Waals surface area (Å²) in [6, 6.07) is 6.56. The number of carbonyl (C=O) groups is 1. The lowest BCUT2D eigenvalue weighted by Crippen LogP contribution is -2.49. The number of benzene rings is 1. The highest BCUT2D eigenvalue weighted by atomic mass is 19.4. The van der Waals surface area contributed by atoms with E-state index in [2.05, 4.69) is 9.97 Å². The first kappa shape index (κ1) is 21.6. The number of hydrogen-bond donors (Lipinski definition) is 1. The lowest BCUT2D eigenvalue weighted by Gasteiger charge is -2.40. The summed E-state index contributed by atoms with van der Waals surface area (Å²) in [5.74, 6) is 0.160. The van der Waals surface area contributed by atoms with Crippen LogP contribution in [-0.2, 0) is 28.9 Å². The van der Waals surface area contributed by atoms with Crippen LogP contribution in [0.1, 0.15) is 45.7 Å². The minimum Gasteiger partial charge on any atom is -0.383 e. The van der Waals surface area contributed by atoms with Gasteiger partial charge in [0.15, 0.2) is 0 Å². The van der Waals surface area contributed by atoms with Gasteiger partial charge in [-0.15, -0.1) is 0 Å². The van der Waals surface area contributed by atoms with Gasteiger partial charge in [0.2, 0.25) is 0 Å². The van der Waals surface area contributed by atoms with E-state index in [9.17, 15) is 18.0 Å². The van der Waals surface area contributed by atoms with Crippen LogP contribution in [-0.4, -0.2) is 40.0 Å². The van der Waals surface area contributed by atoms with Crippen molar-refractivity contribution in [2.45, 2.75) is 38.4 Å². The third kappa shape index (κ3) is 3.79. The Morgan fingerprint density at radius 3 is 2.64 bits per heavy atom. The number of rotatable bonds is 2. The molecule has 0 unspecified atom stereocenters. The Kier molecular flexibility index (Phi) is 5.21. The molecule has 1 amide bonds. The van der Waals surface area contributed by atoms with Gasteiger partial charge in [-0.3, -0.25) is 9.78 Å². The zero-order chi connectivity index (χ0) is 23.3. The molecule has 10 heteroatoms. The predicted molar refractivity (Wildman–Crippen MR) is 113 cm³/mol. The summed E-state index contributed by atoms with van der Waals surface area (Å²) in [5, 5.41) is 0.799. The fraction of sp³-hybridized carbons (Fsp3) is 0.348. The van der Waals surface area contributed by atoms with Gasteiger partial charge in [0, 0.05) is 22.7 Å². The van der Waals surface area contributed by atoms with Crippen molar-refractivity contribution in [3.8, 4) is 0 Å². The average Bonchev–Trinajstić information content (AvgIpc) is 3.29. The molecule has 2 aromatic heterocycles. The van der Waals surface area contributed by atoms with Crippen molar-refractivity contribution < 1.29 is 27.4 Å². The molecule has 172 valence electrons. The number of alkyl halides is 3. The number of halogens is 3. The second-order valence-corrected chi connectivity index (χ2v) is 8.26. The maximum atomic E-state index is 13.6. The van der Waals surface area contributed by atoms with Crippen LogP contribution >= 0.6 is 0 Å². The van der Waals surface area contributed by atoms with Crippen molar-refractivity contribution in [1.82, 2.24) is 14.9 Å². The van der Waals surface area contributed by atoms with Gasteiger partial charge in [-0.2, -0.15) is 13.2 Å². The summed E-state index contributed by atoms with van der Waals surface area (Å²) >= 11 is 0. The number of pyridine rings is 2. The lowest BCUT2D eigenvalue weighted by molar-refractivity contribution is -0.137. The van der Waals surface area contributed by atoms with Crippen LogP contribution in [0.3, 0.4) is 0 Å². The number of nitrogen functional groups attached to an aromatic ring is 1. The molecule has 1 saturated heterocycles. The molecule has 33 heavy (non-hydrogen) atoms. The van der Waals surface area contributed by atoms with Crippen LogP contribution < -0.4 is 5.73 Å². The van der Waals surface area contributed by atoms with Crippen LogP contribution in [0.2, 0.25) is 0 Å². The Morgan fingerprint density at radius 1 is 1.12 bits per heavy atom. The number of aromatic nitrogens is 2. The smallest absolute Gasteiger partial charge is 0.383 e. The SMILES string of the molecule is C[C@H]1COC[C@H](c2ccc(C(F)(F)F)cn2)N1C(=O)c1ccc2nc(N)c3c(c2c1)COC3. The fourth-order valence-corrected chi connectivity index (χ4v) is 4.41. The maximum Gasteiger partial charge on any atom is 0.417 e. The quantitative estimate of drug-likeness (QED) is 0.627. The summed E-state index contributed by atoms with van der Waals surface area (Å²) in [4.78, 5) is 23.7. The van der Waals surface area contributed by atoms with E-state index in [-0.39, 0.29) is 18.6 Å². The summed E-state index contributed by atoms with van der Waals surface area (Å²) in [7, 11) is 0. The minimum absolute atomic E-state index is 0.142. The highest BCUT2D eigenvalue weighted by Crippen LogP contribution is 2.34. The molecule has 0 bridgehead atoms. The molecule has 2 aliphatic heterocycles. The van der Waals surface area contributed by atoms with E-state index in [4.69, 9.17) is 15.2 Å². The molecule has 3 aromatic rings. The number of morpholine rings is 1. The van der Waals surface area contributed by atoms with Crippen molar-refractivity contribution in [2.75, 3.05) is 18.9 Å². The molecule has 0 radical (unpaired) electrons. The van der Waals surface area contributed by atoms with Gasteiger partial charge < -0.3 is 20.1 Å². The van der Waals surface area contributed by atoms with Gasteiger partial charge in [-0.1, -0.05) is 0 Å². The number of anilines is 1. The number of ether oxygens (including phenoxy) is 2. The third-order valence-electron chi connectivity index (χ3n) is 6.11. The van der Waals surface area contributed by atoms with E-state index in [1.54, 1.807) is 23.1 Å². The number of hydrogen-bond acceptors (Lipinski definition) is 6. The summed E-state index contributed by atoms with van der Waals surface area (Å²) in [6.45, 7) is 3.07. The van der Waals surface area contributed by atoms with Gasteiger partial charge in [0.1, 0.15) is 5.82 Å². The normalized spacial score (nSPS) is 20.8. The summed E-state index contributed by atoms with van der Waals surface area (Å²) in [6.07, 6.45) is -3.70. The molecule has 0 spiro atoms. The molecule has 2 atom stereocenters. The molecule has 7 nitrogen and oxygen atoms in total. The fourth-order valence-electron chi connectivity index (χ4n) is 4.41. The molecular formula is C23H21F3N4O3. The van der Waals surface area contributed by atoms with E-state index in [1.165, 1.54) is 6.07 Å². The molecule has 2 aliphatic rings. The number of carbonyl (C=O) groups excluding carboxylic acids is 1. The molecule has 4 heterocycles. The van der Waals surface area contributed by atoms with Crippen molar-refractivity contribution in [3.05, 3.63) is 64.5 Å². The van der Waals surface area contributed by atoms with Crippen molar-refractivity contribution in [1.29, 1.82) is 0 Å². The van der Waals surface area contributed by atoms with E-state index in [1.807, 2.05) is 6.92 Å². The highest BCUT2D eigenvalue weighted by Gasteiger charge is 2.36. The first-order valence-corrected chi connectivity index (χ1v) is 10.5. The first-order valence-electron chi connectivity index (χ1n) is 10.5. The van der Waals surface area contributed by atoms with E-state index >= 15 is 0 Å². The van der Waals surface area contributed by atoms with Crippen molar-refractivity contribution in [2.24, 2.45) is 0 Å². The van der Waals surface area contributed by atoms with Gasteiger partial charge in [-0.25, -0.2) is 4.98 Å². The molecule has 1 aromatic carbocycles. The maximum absolute atomic E-state index is 13.6. The topological polar surface area (TPSA) is 90.6 Å². The third-order valence-corrected chi connectivity index (χ3v) is 6.11. The monoisotopic (exact) mass is 458 g/mol. The molecule has 5 rings (SSSR count). The summed E-state index contributed by atoms with van der Waals surface area (Å²) < 4.78 is 50.0. The van der Waals surface area contributed by atoms with Crippen LogP contribution in [0.4, 0.5) is 19.0 Å². The van der Waals surface area contributed by atoms with E-state index in [0.29, 0.717) is 42.4 Å². The minimum atomic E-state index is -4.48. The Balaban J connectivity index is 1.51. The molecule has 0 saturated carbocycles. The van der Waals surface area contributed by atoms with Gasteiger partial charge in [0.05, 0.1) is 55.3 Å². The lowest BCUT2D eigenvalue weighted by atomic mass is 10.0. The summed E-state index contributed by atoms with van der Waals surface area (Å²) in [5.41, 5.74) is 8.39. The zero-order valence-electron chi connectivity index (χ0n) is 17.7. The Labute approximate surface area is 187 Å². The van der Waals surface area contributed by atoms with Gasteiger partial charge >= 0.3 is 6.18 Å². The molecule has 1 fully saturated rings.